The Morgan fingerprint density at radius 1 is 0.964 bits per heavy atom. The van der Waals surface area contributed by atoms with E-state index in [0.717, 1.165) is 0 Å². The van der Waals surface area contributed by atoms with Crippen molar-refractivity contribution in [2.45, 2.75) is 17.4 Å². The maximum absolute atomic E-state index is 12.5. The molecule has 2 rings (SSSR count). The maximum Gasteiger partial charge on any atom is 0.337 e. The molecule has 0 saturated heterocycles. The third-order valence-corrected chi connectivity index (χ3v) is 5.34. The molecule has 0 fully saturated rings. The van der Waals surface area contributed by atoms with Crippen molar-refractivity contribution >= 4 is 28.6 Å². The van der Waals surface area contributed by atoms with Crippen LogP contribution in [0.25, 0.3) is 0 Å². The molecule has 0 spiro atoms. The first kappa shape index (κ1) is 21.3. The largest absolute Gasteiger partial charge is 0.467 e. The lowest BCUT2D eigenvalue weighted by molar-refractivity contribution is -0.142. The highest BCUT2D eigenvalue weighted by Gasteiger charge is 2.23. The molecule has 0 radical (unpaired) electrons. The summed E-state index contributed by atoms with van der Waals surface area (Å²) < 4.78 is 21.7. The third kappa shape index (κ3) is 5.75. The van der Waals surface area contributed by atoms with Crippen molar-refractivity contribution in [1.82, 2.24) is 5.32 Å². The van der Waals surface area contributed by atoms with Gasteiger partial charge in [-0.1, -0.05) is 24.3 Å². The third-order valence-electron chi connectivity index (χ3n) is 3.93. The van der Waals surface area contributed by atoms with Crippen LogP contribution in [-0.2, 0) is 25.1 Å². The summed E-state index contributed by atoms with van der Waals surface area (Å²) >= 11 is 0. The Morgan fingerprint density at radius 3 is 2.29 bits per heavy atom. The molecule has 2 aromatic rings. The molecular weight excluding hydrogens is 382 g/mol. The molecular formula is C20H21NO6S. The number of carbonyl (C=O) groups is 3. The van der Waals surface area contributed by atoms with Crippen LogP contribution in [-0.4, -0.2) is 48.1 Å². The van der Waals surface area contributed by atoms with Crippen LogP contribution in [0.2, 0.25) is 0 Å². The predicted molar refractivity (Wildman–Crippen MR) is 103 cm³/mol. The second kappa shape index (κ2) is 10.4. The summed E-state index contributed by atoms with van der Waals surface area (Å²) in [5, 5.41) is 2.57. The summed E-state index contributed by atoms with van der Waals surface area (Å²) in [6, 6.07) is 13.8. The summed E-state index contributed by atoms with van der Waals surface area (Å²) in [5.41, 5.74) is 0.413. The lowest BCUT2D eigenvalue weighted by Crippen LogP contribution is -2.42. The smallest absolute Gasteiger partial charge is 0.337 e. The quantitative estimate of drug-likeness (QED) is 0.677. The fourth-order valence-electron chi connectivity index (χ4n) is 2.45. The van der Waals surface area contributed by atoms with Crippen LogP contribution < -0.4 is 5.32 Å². The molecule has 2 atom stereocenters. The minimum absolute atomic E-state index is 0.136. The summed E-state index contributed by atoms with van der Waals surface area (Å²) in [5.74, 6) is -1.58. The number of hydrogen-bond donors (Lipinski definition) is 1. The number of ether oxygens (including phenoxy) is 2. The molecule has 1 amide bonds. The molecule has 0 unspecified atom stereocenters. The highest BCUT2D eigenvalue weighted by Crippen LogP contribution is 2.10. The van der Waals surface area contributed by atoms with Crippen molar-refractivity contribution < 1.29 is 28.1 Å². The van der Waals surface area contributed by atoms with E-state index in [1.807, 2.05) is 6.07 Å². The van der Waals surface area contributed by atoms with Crippen molar-refractivity contribution in [3.05, 3.63) is 65.7 Å². The summed E-state index contributed by atoms with van der Waals surface area (Å²) in [7, 11) is 1.15. The number of methoxy groups -OCH3 is 2. The van der Waals surface area contributed by atoms with E-state index >= 15 is 0 Å². The summed E-state index contributed by atoms with van der Waals surface area (Å²) in [6.07, 6.45) is 0.136. The molecule has 0 aromatic heterocycles. The maximum atomic E-state index is 12.5. The number of esters is 2. The van der Waals surface area contributed by atoms with Crippen LogP contribution in [0.4, 0.5) is 0 Å². The highest BCUT2D eigenvalue weighted by atomic mass is 32.2. The van der Waals surface area contributed by atoms with E-state index in [4.69, 9.17) is 4.74 Å². The zero-order valence-corrected chi connectivity index (χ0v) is 16.4. The van der Waals surface area contributed by atoms with Gasteiger partial charge >= 0.3 is 11.9 Å². The molecule has 0 aliphatic heterocycles. The van der Waals surface area contributed by atoms with Crippen molar-refractivity contribution in [3.8, 4) is 0 Å². The van der Waals surface area contributed by atoms with E-state index in [-0.39, 0.29) is 23.3 Å². The van der Waals surface area contributed by atoms with E-state index < -0.39 is 34.7 Å². The average Bonchev–Trinajstić information content (AvgIpc) is 2.75. The number of amides is 1. The van der Waals surface area contributed by atoms with Gasteiger partial charge in [-0.15, -0.1) is 0 Å². The van der Waals surface area contributed by atoms with Crippen molar-refractivity contribution in [2.75, 3.05) is 20.0 Å². The summed E-state index contributed by atoms with van der Waals surface area (Å²) in [4.78, 5) is 36.8. The van der Waals surface area contributed by atoms with Crippen molar-refractivity contribution in [2.24, 2.45) is 0 Å². The molecule has 2 aromatic carbocycles. The average molecular weight is 403 g/mol. The first-order valence-corrected chi connectivity index (χ1v) is 9.78. The van der Waals surface area contributed by atoms with Gasteiger partial charge in [0.2, 0.25) is 0 Å². The molecule has 7 nitrogen and oxygen atoms in total. The van der Waals surface area contributed by atoms with E-state index in [0.29, 0.717) is 4.90 Å². The first-order chi connectivity index (χ1) is 13.5. The Morgan fingerprint density at radius 2 is 1.64 bits per heavy atom. The van der Waals surface area contributed by atoms with E-state index in [9.17, 15) is 18.6 Å². The summed E-state index contributed by atoms with van der Waals surface area (Å²) in [6.45, 7) is 0. The standard InChI is InChI=1S/C20H21NO6S/c1-26-19(23)15-8-6-7-14(13-15)18(22)21-17(20(24)27-2)11-12-28(25)16-9-4-3-5-10-16/h3-10,13,17H,11-12H2,1-2H3,(H,21,22)/t17-,28+/m0/s1. The van der Waals surface area contributed by atoms with Crippen LogP contribution in [0.3, 0.4) is 0 Å². The zero-order chi connectivity index (χ0) is 20.5. The second-order valence-electron chi connectivity index (χ2n) is 5.77. The Labute approximate surface area is 165 Å². The monoisotopic (exact) mass is 403 g/mol. The van der Waals surface area contributed by atoms with Gasteiger partial charge in [0.1, 0.15) is 6.04 Å². The van der Waals surface area contributed by atoms with Gasteiger partial charge in [-0.2, -0.15) is 0 Å². The van der Waals surface area contributed by atoms with E-state index in [1.54, 1.807) is 30.3 Å². The Kier molecular flexibility index (Phi) is 7.88. The molecule has 0 aliphatic rings. The van der Waals surface area contributed by atoms with E-state index in [2.05, 4.69) is 10.1 Å². The normalized spacial score (nSPS) is 12.5. The van der Waals surface area contributed by atoms with Gasteiger partial charge < -0.3 is 14.8 Å². The second-order valence-corrected chi connectivity index (χ2v) is 7.34. The number of rotatable bonds is 8. The van der Waals surface area contributed by atoms with Crippen molar-refractivity contribution in [1.29, 1.82) is 0 Å². The number of benzene rings is 2. The van der Waals surface area contributed by atoms with Crippen LogP contribution in [0.15, 0.2) is 59.5 Å². The predicted octanol–water partition coefficient (Wildman–Crippen LogP) is 1.94. The van der Waals surface area contributed by atoms with Gasteiger partial charge in [0.25, 0.3) is 5.91 Å². The van der Waals surface area contributed by atoms with Crippen molar-refractivity contribution in [3.63, 3.8) is 0 Å². The van der Waals surface area contributed by atoms with E-state index in [1.165, 1.54) is 32.4 Å². The highest BCUT2D eigenvalue weighted by molar-refractivity contribution is 7.85. The Balaban J connectivity index is 2.07. The SMILES string of the molecule is COC(=O)c1cccc(C(=O)N[C@@H](CC[S@@](=O)c2ccccc2)C(=O)OC)c1. The minimum atomic E-state index is -1.31. The lowest BCUT2D eigenvalue weighted by atomic mass is 10.1. The van der Waals surface area contributed by atoms with Gasteiger partial charge in [-0.25, -0.2) is 9.59 Å². The van der Waals surface area contributed by atoms with Crippen LogP contribution in [0, 0.1) is 0 Å². The fraction of sp³-hybridized carbons (Fsp3) is 0.250. The lowest BCUT2D eigenvalue weighted by Gasteiger charge is -2.16. The van der Waals surface area contributed by atoms with Crippen LogP contribution in [0.1, 0.15) is 27.1 Å². The van der Waals surface area contributed by atoms with Gasteiger partial charge in [0.05, 0.1) is 30.6 Å². The molecule has 0 saturated carbocycles. The van der Waals surface area contributed by atoms with Gasteiger partial charge in [-0.3, -0.25) is 9.00 Å². The molecule has 0 bridgehead atoms. The topological polar surface area (TPSA) is 98.8 Å². The van der Waals surface area contributed by atoms with Crippen LogP contribution in [0.5, 0.6) is 0 Å². The molecule has 0 aliphatic carbocycles. The minimum Gasteiger partial charge on any atom is -0.467 e. The number of carbonyl (C=O) groups excluding carboxylic acids is 3. The molecule has 1 N–H and O–H groups in total. The molecule has 148 valence electrons. The van der Waals surface area contributed by atoms with Gasteiger partial charge in [0, 0.05) is 16.2 Å². The molecule has 8 heteroatoms. The number of hydrogen-bond acceptors (Lipinski definition) is 6. The Bertz CT molecular complexity index is 868. The fourth-order valence-corrected chi connectivity index (χ4v) is 3.60. The van der Waals surface area contributed by atoms with Crippen LogP contribution >= 0.6 is 0 Å². The molecule has 0 heterocycles. The molecule has 28 heavy (non-hydrogen) atoms. The first-order valence-electron chi connectivity index (χ1n) is 8.46. The van der Waals surface area contributed by atoms with Gasteiger partial charge in [0.15, 0.2) is 0 Å². The van der Waals surface area contributed by atoms with Gasteiger partial charge in [-0.05, 0) is 36.8 Å². The number of nitrogens with one attached hydrogen (secondary N) is 1. The zero-order valence-electron chi connectivity index (χ0n) is 15.5. The Hall–Kier alpha value is -3.00.